The first-order chi connectivity index (χ1) is 16.1. The molecule has 2 saturated heterocycles. The molecule has 0 radical (unpaired) electrons. The number of anilines is 2. The number of pyridine rings is 2. The predicted molar refractivity (Wildman–Crippen MR) is 125 cm³/mol. The molecule has 2 aliphatic heterocycles. The van der Waals surface area contributed by atoms with Gasteiger partial charge in [0.05, 0.1) is 31.5 Å². The second-order valence-corrected chi connectivity index (χ2v) is 8.10. The summed E-state index contributed by atoms with van der Waals surface area (Å²) in [6.45, 7) is 5.38. The van der Waals surface area contributed by atoms with Crippen molar-refractivity contribution in [3.05, 3.63) is 48.7 Å². The van der Waals surface area contributed by atoms with E-state index in [0.29, 0.717) is 31.6 Å². The van der Waals surface area contributed by atoms with E-state index >= 15 is 0 Å². The monoisotopic (exact) mass is 449 g/mol. The van der Waals surface area contributed by atoms with Gasteiger partial charge in [-0.1, -0.05) is 0 Å². The van der Waals surface area contributed by atoms with E-state index in [2.05, 4.69) is 20.2 Å². The fourth-order valence-electron chi connectivity index (χ4n) is 4.19. The van der Waals surface area contributed by atoms with E-state index in [1.54, 1.807) is 18.2 Å². The molecule has 172 valence electrons. The molecular formula is C24H27N5O4. The van der Waals surface area contributed by atoms with Crippen LogP contribution in [0.15, 0.2) is 48.7 Å². The van der Waals surface area contributed by atoms with Gasteiger partial charge in [0.1, 0.15) is 17.4 Å². The number of nitrogens with one attached hydrogen (secondary N) is 1. The molecule has 1 N–H and O–H groups in total. The Morgan fingerprint density at radius 1 is 1.12 bits per heavy atom. The van der Waals surface area contributed by atoms with Crippen LogP contribution in [0.4, 0.5) is 16.2 Å². The van der Waals surface area contributed by atoms with E-state index in [4.69, 9.17) is 14.2 Å². The van der Waals surface area contributed by atoms with Crippen LogP contribution in [0, 0.1) is 0 Å². The van der Waals surface area contributed by atoms with Crippen LogP contribution in [-0.2, 0) is 4.74 Å². The molecule has 1 amide bonds. The van der Waals surface area contributed by atoms with Gasteiger partial charge in [0.2, 0.25) is 5.88 Å². The molecule has 0 saturated carbocycles. The summed E-state index contributed by atoms with van der Waals surface area (Å²) in [7, 11) is 1.61. The number of amides is 1. The van der Waals surface area contributed by atoms with Crippen molar-refractivity contribution in [3.8, 4) is 11.6 Å². The molecule has 0 spiro atoms. The van der Waals surface area contributed by atoms with E-state index in [9.17, 15) is 4.79 Å². The first-order valence-electron chi connectivity index (χ1n) is 11.1. The summed E-state index contributed by atoms with van der Waals surface area (Å²) in [5.74, 6) is 1.37. The van der Waals surface area contributed by atoms with Gasteiger partial charge in [-0.25, -0.2) is 9.78 Å². The highest BCUT2D eigenvalue weighted by atomic mass is 16.6. The van der Waals surface area contributed by atoms with Crippen LogP contribution in [0.5, 0.6) is 11.6 Å². The Morgan fingerprint density at radius 3 is 2.70 bits per heavy atom. The van der Waals surface area contributed by atoms with Crippen molar-refractivity contribution in [2.75, 3.05) is 49.7 Å². The zero-order valence-corrected chi connectivity index (χ0v) is 18.7. The normalized spacial score (nSPS) is 18.4. The molecule has 33 heavy (non-hydrogen) atoms. The Hall–Kier alpha value is -3.59. The molecule has 2 aliphatic rings. The minimum Gasteiger partial charge on any atom is -0.494 e. The second kappa shape index (κ2) is 9.11. The number of aromatic nitrogens is 2. The van der Waals surface area contributed by atoms with Crippen molar-refractivity contribution in [1.82, 2.24) is 15.3 Å². The van der Waals surface area contributed by atoms with Gasteiger partial charge < -0.3 is 24.4 Å². The van der Waals surface area contributed by atoms with Crippen LogP contribution in [0.1, 0.15) is 6.92 Å². The number of carbonyl (C=O) groups excluding carboxylic acids is 1. The Morgan fingerprint density at radius 2 is 1.94 bits per heavy atom. The fraction of sp³-hybridized carbons (Fsp3) is 0.375. The van der Waals surface area contributed by atoms with Gasteiger partial charge in [0.25, 0.3) is 0 Å². The summed E-state index contributed by atoms with van der Waals surface area (Å²) in [4.78, 5) is 25.3. The average molecular weight is 450 g/mol. The molecule has 2 aromatic heterocycles. The number of carbonyl (C=O) groups is 1. The van der Waals surface area contributed by atoms with Crippen molar-refractivity contribution < 1.29 is 19.0 Å². The number of nitrogens with zero attached hydrogens (tertiary/aromatic N) is 4. The van der Waals surface area contributed by atoms with Crippen LogP contribution in [0.3, 0.4) is 0 Å². The quantitative estimate of drug-likeness (QED) is 0.562. The average Bonchev–Trinajstić information content (AvgIpc) is 3.19. The Labute approximate surface area is 192 Å². The molecular weight excluding hydrogens is 422 g/mol. The van der Waals surface area contributed by atoms with Crippen LogP contribution < -0.4 is 24.6 Å². The lowest BCUT2D eigenvalue weighted by Gasteiger charge is -2.41. The highest BCUT2D eigenvalue weighted by Crippen LogP contribution is 2.29. The first kappa shape index (κ1) is 21.3. The van der Waals surface area contributed by atoms with Gasteiger partial charge in [-0.2, -0.15) is 0 Å². The van der Waals surface area contributed by atoms with Crippen LogP contribution in [0.2, 0.25) is 0 Å². The molecule has 1 unspecified atom stereocenters. The van der Waals surface area contributed by atoms with Crippen molar-refractivity contribution in [3.63, 3.8) is 0 Å². The maximum atomic E-state index is 12.4. The van der Waals surface area contributed by atoms with Crippen LogP contribution in [0.25, 0.3) is 11.0 Å². The second-order valence-electron chi connectivity index (χ2n) is 8.10. The van der Waals surface area contributed by atoms with Gasteiger partial charge in [-0.05, 0) is 43.3 Å². The molecule has 4 heterocycles. The van der Waals surface area contributed by atoms with Gasteiger partial charge in [-0.3, -0.25) is 9.88 Å². The molecule has 2 fully saturated rings. The van der Waals surface area contributed by atoms with Crippen molar-refractivity contribution in [1.29, 1.82) is 0 Å². The third-order valence-corrected chi connectivity index (χ3v) is 5.94. The highest BCUT2D eigenvalue weighted by Gasteiger charge is 2.34. The number of cyclic esters (lactones) is 1. The van der Waals surface area contributed by atoms with Crippen LogP contribution >= 0.6 is 0 Å². The summed E-state index contributed by atoms with van der Waals surface area (Å²) < 4.78 is 16.3. The number of benzene rings is 1. The predicted octanol–water partition coefficient (Wildman–Crippen LogP) is 2.84. The summed E-state index contributed by atoms with van der Waals surface area (Å²) in [6.07, 6.45) is 1.30. The number of methoxy groups -OCH3 is 1. The lowest BCUT2D eigenvalue weighted by atomic mass is 10.1. The zero-order valence-electron chi connectivity index (χ0n) is 18.7. The molecule has 1 atom stereocenters. The number of hydrogen-bond donors (Lipinski definition) is 1. The van der Waals surface area contributed by atoms with E-state index in [1.807, 2.05) is 49.4 Å². The number of ether oxygens (including phenoxy) is 3. The summed E-state index contributed by atoms with van der Waals surface area (Å²) in [6, 6.07) is 13.5. The largest absolute Gasteiger partial charge is 0.494 e. The molecule has 0 bridgehead atoms. The molecule has 0 aliphatic carbocycles. The van der Waals surface area contributed by atoms with Gasteiger partial charge in [0.15, 0.2) is 0 Å². The van der Waals surface area contributed by atoms with Crippen molar-refractivity contribution in [2.45, 2.75) is 19.1 Å². The molecule has 5 rings (SSSR count). The standard InChI is InChI=1S/C24H27N5O4/c1-3-32-18-6-4-17(5-7-18)29-15-19(33-24(29)30)12-26-16-13-28(14-16)21-10-11-25-20-8-9-22(31-2)27-23(20)21/h4-11,16,19,26H,3,12-15H2,1-2H3. The minimum atomic E-state index is -0.315. The fourth-order valence-corrected chi connectivity index (χ4v) is 4.19. The summed E-state index contributed by atoms with van der Waals surface area (Å²) in [5.41, 5.74) is 3.54. The Kier molecular flexibility index (Phi) is 5.87. The molecule has 1 aromatic carbocycles. The SMILES string of the molecule is CCOc1ccc(N2CC(CNC3CN(c4ccnc5ccc(OC)nc45)C3)OC2=O)cc1. The Bertz CT molecular complexity index is 1130. The smallest absolute Gasteiger partial charge is 0.414 e. The van der Waals surface area contributed by atoms with Gasteiger partial charge >= 0.3 is 6.09 Å². The third-order valence-electron chi connectivity index (χ3n) is 5.94. The zero-order chi connectivity index (χ0) is 22.8. The highest BCUT2D eigenvalue weighted by molar-refractivity contribution is 5.90. The van der Waals surface area contributed by atoms with Gasteiger partial charge in [-0.15, -0.1) is 0 Å². The van der Waals surface area contributed by atoms with E-state index in [1.165, 1.54) is 0 Å². The number of hydrogen-bond acceptors (Lipinski definition) is 8. The lowest BCUT2D eigenvalue weighted by molar-refractivity contribution is 0.137. The van der Waals surface area contributed by atoms with E-state index < -0.39 is 0 Å². The van der Waals surface area contributed by atoms with Crippen molar-refractivity contribution >= 4 is 28.5 Å². The first-order valence-corrected chi connectivity index (χ1v) is 11.1. The molecule has 9 nitrogen and oxygen atoms in total. The number of rotatable bonds is 8. The summed E-state index contributed by atoms with van der Waals surface area (Å²) >= 11 is 0. The minimum absolute atomic E-state index is 0.189. The Balaban J connectivity index is 1.14. The lowest BCUT2D eigenvalue weighted by Crippen LogP contribution is -2.59. The molecule has 3 aromatic rings. The topological polar surface area (TPSA) is 89.1 Å². The summed E-state index contributed by atoms with van der Waals surface area (Å²) in [5, 5.41) is 3.52. The third kappa shape index (κ3) is 4.36. The maximum absolute atomic E-state index is 12.4. The van der Waals surface area contributed by atoms with Crippen molar-refractivity contribution in [2.24, 2.45) is 0 Å². The molecule has 9 heteroatoms. The van der Waals surface area contributed by atoms with E-state index in [-0.39, 0.29) is 12.2 Å². The van der Waals surface area contributed by atoms with E-state index in [0.717, 1.165) is 41.2 Å². The number of fused-ring (bicyclic) bond motifs is 1. The van der Waals surface area contributed by atoms with Crippen LogP contribution in [-0.4, -0.2) is 68.1 Å². The van der Waals surface area contributed by atoms with Gasteiger partial charge in [0, 0.05) is 43.6 Å². The maximum Gasteiger partial charge on any atom is 0.414 e.